The minimum Gasteiger partial charge on any atom is -0.435 e. The predicted octanol–water partition coefficient (Wildman–Crippen LogP) is 4.30. The highest BCUT2D eigenvalue weighted by Crippen LogP contribution is 2.18. The second-order valence-corrected chi connectivity index (χ2v) is 4.78. The number of anilines is 1. The molecule has 104 valence electrons. The summed E-state index contributed by atoms with van der Waals surface area (Å²) in [6, 6.07) is 12.6. The van der Waals surface area contributed by atoms with Gasteiger partial charge in [-0.3, -0.25) is 4.79 Å². The van der Waals surface area contributed by atoms with Gasteiger partial charge in [-0.25, -0.2) is 0 Å². The van der Waals surface area contributed by atoms with E-state index in [1.165, 1.54) is 24.3 Å². The first-order chi connectivity index (χ1) is 9.54. The summed E-state index contributed by atoms with van der Waals surface area (Å²) >= 11 is 3.30. The van der Waals surface area contributed by atoms with Crippen LogP contribution in [0, 0.1) is 0 Å². The molecule has 0 atom stereocenters. The van der Waals surface area contributed by atoms with Crippen LogP contribution >= 0.6 is 15.9 Å². The number of hydrogen-bond donors (Lipinski definition) is 1. The Balaban J connectivity index is 2.06. The topological polar surface area (TPSA) is 38.3 Å². The number of benzene rings is 2. The third-order valence-corrected chi connectivity index (χ3v) is 2.92. The number of rotatable bonds is 4. The van der Waals surface area contributed by atoms with Gasteiger partial charge in [0.05, 0.1) is 0 Å². The number of hydrogen-bond acceptors (Lipinski definition) is 2. The van der Waals surface area contributed by atoms with Crippen molar-refractivity contribution in [3.63, 3.8) is 0 Å². The van der Waals surface area contributed by atoms with Gasteiger partial charge in [0.2, 0.25) is 0 Å². The summed E-state index contributed by atoms with van der Waals surface area (Å²) in [6.45, 7) is -2.88. The van der Waals surface area contributed by atoms with Gasteiger partial charge in [-0.15, -0.1) is 0 Å². The zero-order chi connectivity index (χ0) is 14.5. The highest BCUT2D eigenvalue weighted by atomic mass is 79.9. The summed E-state index contributed by atoms with van der Waals surface area (Å²) in [6.07, 6.45) is 0. The molecule has 2 rings (SSSR count). The molecule has 0 aliphatic carbocycles. The number of carbonyl (C=O) groups excluding carboxylic acids is 1. The maximum Gasteiger partial charge on any atom is 0.387 e. The van der Waals surface area contributed by atoms with Gasteiger partial charge >= 0.3 is 6.61 Å². The second kappa shape index (κ2) is 6.47. The smallest absolute Gasteiger partial charge is 0.387 e. The summed E-state index contributed by atoms with van der Waals surface area (Å²) in [5, 5.41) is 2.70. The van der Waals surface area contributed by atoms with E-state index in [-0.39, 0.29) is 11.7 Å². The first kappa shape index (κ1) is 14.5. The van der Waals surface area contributed by atoms with Crippen LogP contribution in [0.3, 0.4) is 0 Å². The van der Waals surface area contributed by atoms with Crippen molar-refractivity contribution < 1.29 is 18.3 Å². The van der Waals surface area contributed by atoms with E-state index in [0.717, 1.165) is 4.47 Å². The zero-order valence-electron chi connectivity index (χ0n) is 10.1. The van der Waals surface area contributed by atoms with Crippen molar-refractivity contribution in [3.8, 4) is 5.75 Å². The number of ether oxygens (including phenoxy) is 1. The Labute approximate surface area is 122 Å². The molecule has 1 N–H and O–H groups in total. The van der Waals surface area contributed by atoms with Crippen LogP contribution in [0.5, 0.6) is 5.75 Å². The monoisotopic (exact) mass is 341 g/mol. The number of halogens is 3. The first-order valence-electron chi connectivity index (χ1n) is 5.66. The lowest BCUT2D eigenvalue weighted by Crippen LogP contribution is -2.11. The Hall–Kier alpha value is -1.95. The van der Waals surface area contributed by atoms with Crippen molar-refractivity contribution in [2.24, 2.45) is 0 Å². The molecule has 2 aromatic carbocycles. The molecular formula is C14H10BrF2NO2. The third kappa shape index (κ3) is 4.03. The summed E-state index contributed by atoms with van der Waals surface area (Å²) < 4.78 is 29.1. The van der Waals surface area contributed by atoms with Crippen molar-refractivity contribution >= 4 is 27.5 Å². The van der Waals surface area contributed by atoms with Gasteiger partial charge in [-0.2, -0.15) is 8.78 Å². The lowest BCUT2D eigenvalue weighted by Gasteiger charge is -2.07. The number of alkyl halides is 2. The fourth-order valence-corrected chi connectivity index (χ4v) is 1.96. The minimum absolute atomic E-state index is 0.0130. The maximum absolute atomic E-state index is 12.0. The van der Waals surface area contributed by atoms with Crippen LogP contribution in [-0.4, -0.2) is 12.5 Å². The molecule has 0 aliphatic rings. The molecule has 0 bridgehead atoms. The molecule has 0 spiro atoms. The quantitative estimate of drug-likeness (QED) is 0.900. The van der Waals surface area contributed by atoms with Crippen LogP contribution < -0.4 is 10.1 Å². The molecule has 20 heavy (non-hydrogen) atoms. The second-order valence-electron chi connectivity index (χ2n) is 3.87. The molecule has 0 radical (unpaired) electrons. The molecule has 0 unspecified atom stereocenters. The van der Waals surface area contributed by atoms with E-state index >= 15 is 0 Å². The zero-order valence-corrected chi connectivity index (χ0v) is 11.7. The Morgan fingerprint density at radius 3 is 2.45 bits per heavy atom. The Bertz CT molecular complexity index is 602. The van der Waals surface area contributed by atoms with Gasteiger partial charge in [-0.1, -0.05) is 22.0 Å². The molecular weight excluding hydrogens is 332 g/mol. The summed E-state index contributed by atoms with van der Waals surface area (Å²) in [4.78, 5) is 11.9. The molecule has 0 saturated carbocycles. The van der Waals surface area contributed by atoms with Gasteiger partial charge < -0.3 is 10.1 Å². The largest absolute Gasteiger partial charge is 0.435 e. The number of amides is 1. The lowest BCUT2D eigenvalue weighted by molar-refractivity contribution is -0.0498. The third-order valence-electron chi connectivity index (χ3n) is 2.42. The minimum atomic E-state index is -2.88. The van der Waals surface area contributed by atoms with Crippen molar-refractivity contribution in [3.05, 3.63) is 58.6 Å². The van der Waals surface area contributed by atoms with Gasteiger partial charge in [0.15, 0.2) is 0 Å². The van der Waals surface area contributed by atoms with Crippen molar-refractivity contribution in [2.75, 3.05) is 5.32 Å². The summed E-state index contributed by atoms with van der Waals surface area (Å²) in [5.41, 5.74) is 0.990. The van der Waals surface area contributed by atoms with Crippen molar-refractivity contribution in [2.45, 2.75) is 6.61 Å². The van der Waals surface area contributed by atoms with Gasteiger partial charge in [-0.05, 0) is 42.5 Å². The number of carbonyl (C=O) groups is 1. The maximum atomic E-state index is 12.0. The van der Waals surface area contributed by atoms with Crippen LogP contribution in [0.4, 0.5) is 14.5 Å². The van der Waals surface area contributed by atoms with Gasteiger partial charge in [0.25, 0.3) is 5.91 Å². The predicted molar refractivity (Wildman–Crippen MR) is 75.2 cm³/mol. The van der Waals surface area contributed by atoms with E-state index < -0.39 is 6.61 Å². The summed E-state index contributed by atoms with van der Waals surface area (Å²) in [5.74, 6) is -0.314. The molecule has 0 aromatic heterocycles. The van der Waals surface area contributed by atoms with Crippen LogP contribution in [0.25, 0.3) is 0 Å². The average Bonchev–Trinajstić information content (AvgIpc) is 2.38. The number of nitrogens with one attached hydrogen (secondary N) is 1. The van der Waals surface area contributed by atoms with Crippen LogP contribution in [0.15, 0.2) is 53.0 Å². The van der Waals surface area contributed by atoms with Crippen molar-refractivity contribution in [1.82, 2.24) is 0 Å². The van der Waals surface area contributed by atoms with Crippen LogP contribution in [0.1, 0.15) is 10.4 Å². The van der Waals surface area contributed by atoms with E-state index in [1.807, 2.05) is 6.07 Å². The standard InChI is InChI=1S/C14H10BrF2NO2/c15-10-2-1-3-11(8-10)18-13(19)9-4-6-12(7-5-9)20-14(16)17/h1-8,14H,(H,18,19). The molecule has 3 nitrogen and oxygen atoms in total. The van der Waals surface area contributed by atoms with E-state index in [0.29, 0.717) is 11.3 Å². The van der Waals surface area contributed by atoms with E-state index in [1.54, 1.807) is 18.2 Å². The molecule has 6 heteroatoms. The fraction of sp³-hybridized carbons (Fsp3) is 0.0714. The van der Waals surface area contributed by atoms with E-state index in [9.17, 15) is 13.6 Å². The molecule has 1 amide bonds. The average molecular weight is 342 g/mol. The molecule has 2 aromatic rings. The first-order valence-corrected chi connectivity index (χ1v) is 6.46. The molecule has 0 aliphatic heterocycles. The SMILES string of the molecule is O=C(Nc1cccc(Br)c1)c1ccc(OC(F)F)cc1. The normalized spacial score (nSPS) is 10.4. The van der Waals surface area contributed by atoms with Crippen molar-refractivity contribution in [1.29, 1.82) is 0 Å². The molecule has 0 heterocycles. The molecule has 0 saturated heterocycles. The summed E-state index contributed by atoms with van der Waals surface area (Å²) in [7, 11) is 0. The van der Waals surface area contributed by atoms with E-state index in [4.69, 9.17) is 0 Å². The lowest BCUT2D eigenvalue weighted by atomic mass is 10.2. The Morgan fingerprint density at radius 2 is 1.85 bits per heavy atom. The highest BCUT2D eigenvalue weighted by molar-refractivity contribution is 9.10. The van der Waals surface area contributed by atoms with Gasteiger partial charge in [0.1, 0.15) is 5.75 Å². The fourth-order valence-electron chi connectivity index (χ4n) is 1.56. The van der Waals surface area contributed by atoms with Crippen LogP contribution in [-0.2, 0) is 0 Å². The van der Waals surface area contributed by atoms with Gasteiger partial charge in [0, 0.05) is 15.7 Å². The highest BCUT2D eigenvalue weighted by Gasteiger charge is 2.08. The van der Waals surface area contributed by atoms with Crippen LogP contribution in [0.2, 0.25) is 0 Å². The molecule has 0 fully saturated rings. The Kier molecular flexibility index (Phi) is 4.68. The van der Waals surface area contributed by atoms with E-state index in [2.05, 4.69) is 26.0 Å². The Morgan fingerprint density at radius 1 is 1.15 bits per heavy atom.